The Morgan fingerprint density at radius 1 is 0.283 bits per heavy atom. The van der Waals surface area contributed by atoms with Crippen molar-refractivity contribution in [3.63, 3.8) is 0 Å². The van der Waals surface area contributed by atoms with Crippen LogP contribution < -0.4 is 0 Å². The molecule has 0 amide bonds. The molecule has 0 N–H and O–H groups in total. The number of benzene rings is 11. The van der Waals surface area contributed by atoms with E-state index >= 15 is 0 Å². The molecule has 0 radical (unpaired) electrons. The van der Waals surface area contributed by atoms with Crippen molar-refractivity contribution in [2.45, 2.75) is 12.3 Å². The van der Waals surface area contributed by atoms with Crippen molar-refractivity contribution in [1.82, 2.24) is 0 Å². The lowest BCUT2D eigenvalue weighted by Crippen LogP contribution is -2.22. The quantitative estimate of drug-likeness (QED) is 0.121. The highest BCUT2D eigenvalue weighted by Gasteiger charge is 2.41. The average molecular weight is 761 g/mol. The van der Waals surface area contributed by atoms with Gasteiger partial charge in [-0.05, 0) is 147 Å². The molecule has 0 saturated heterocycles. The third-order valence-electron chi connectivity index (χ3n) is 13.3. The SMILES string of the molecule is CC1(c2ccccc2)c2cc(-c3ccc(-c4c5ccccc5c(-c5ccccc5)c5c4ccc4ccccc45)cc3-c3ccccc3)ccc2-c2cc3ccccc3cc21. The average Bonchev–Trinajstić information content (AvgIpc) is 3.57. The van der Waals surface area contributed by atoms with Gasteiger partial charge in [0.25, 0.3) is 0 Å². The Hall–Kier alpha value is -7.54. The lowest BCUT2D eigenvalue weighted by atomic mass is 9.73. The van der Waals surface area contributed by atoms with E-state index in [1.807, 2.05) is 0 Å². The summed E-state index contributed by atoms with van der Waals surface area (Å²) in [6, 6.07) is 83.5. The van der Waals surface area contributed by atoms with Gasteiger partial charge in [0.05, 0.1) is 0 Å². The molecule has 12 rings (SSSR count). The van der Waals surface area contributed by atoms with Crippen LogP contribution in [-0.2, 0) is 5.41 Å². The third kappa shape index (κ3) is 5.17. The number of rotatable bonds is 5. The zero-order valence-electron chi connectivity index (χ0n) is 33.4. The summed E-state index contributed by atoms with van der Waals surface area (Å²) in [7, 11) is 0. The van der Waals surface area contributed by atoms with Crippen molar-refractivity contribution in [3.8, 4) is 55.6 Å². The molecule has 0 fully saturated rings. The molecule has 0 saturated carbocycles. The third-order valence-corrected chi connectivity index (χ3v) is 13.3. The first-order valence-electron chi connectivity index (χ1n) is 21.0. The Morgan fingerprint density at radius 3 is 1.57 bits per heavy atom. The zero-order valence-corrected chi connectivity index (χ0v) is 33.4. The van der Waals surface area contributed by atoms with Gasteiger partial charge in [-0.3, -0.25) is 0 Å². The van der Waals surface area contributed by atoms with Crippen LogP contribution >= 0.6 is 0 Å². The van der Waals surface area contributed by atoms with Crippen molar-refractivity contribution >= 4 is 43.1 Å². The Labute approximate surface area is 350 Å². The van der Waals surface area contributed by atoms with Crippen molar-refractivity contribution in [1.29, 1.82) is 0 Å². The molecule has 11 aromatic rings. The van der Waals surface area contributed by atoms with Gasteiger partial charge in [-0.25, -0.2) is 0 Å². The van der Waals surface area contributed by atoms with E-state index in [1.165, 1.54) is 115 Å². The summed E-state index contributed by atoms with van der Waals surface area (Å²) in [6.07, 6.45) is 0. The van der Waals surface area contributed by atoms with Crippen molar-refractivity contribution in [2.75, 3.05) is 0 Å². The Bertz CT molecular complexity index is 3470. The minimum absolute atomic E-state index is 0.320. The Balaban J connectivity index is 1.12. The molecule has 0 aromatic heterocycles. The van der Waals surface area contributed by atoms with Gasteiger partial charge in [-0.15, -0.1) is 0 Å². The van der Waals surface area contributed by atoms with Crippen LogP contribution in [0.5, 0.6) is 0 Å². The first-order chi connectivity index (χ1) is 29.6. The maximum atomic E-state index is 2.49. The van der Waals surface area contributed by atoms with Crippen molar-refractivity contribution in [3.05, 3.63) is 241 Å². The summed E-state index contributed by atoms with van der Waals surface area (Å²) in [4.78, 5) is 0. The Morgan fingerprint density at radius 2 is 0.833 bits per heavy atom. The lowest BCUT2D eigenvalue weighted by molar-refractivity contribution is 0.715. The molecule has 60 heavy (non-hydrogen) atoms. The van der Waals surface area contributed by atoms with E-state index in [9.17, 15) is 0 Å². The summed E-state index contributed by atoms with van der Waals surface area (Å²) >= 11 is 0. The van der Waals surface area contributed by atoms with Crippen molar-refractivity contribution < 1.29 is 0 Å². The second-order valence-corrected chi connectivity index (χ2v) is 16.5. The van der Waals surface area contributed by atoms with E-state index in [0.29, 0.717) is 0 Å². The molecule has 0 heterocycles. The van der Waals surface area contributed by atoms with E-state index < -0.39 is 0 Å². The fourth-order valence-electron chi connectivity index (χ4n) is 10.4. The molecular weight excluding hydrogens is 721 g/mol. The van der Waals surface area contributed by atoms with Crippen LogP contribution in [0.2, 0.25) is 0 Å². The molecule has 1 aliphatic rings. The standard InChI is InChI=1S/C60H40/c1-60(46-24-9-4-10-25-46)55-38-44(30-33-49(55)54-35-42-22-11-12-23-43(42)37-56(54)60)47-32-31-45(36-53(47)39-17-5-2-6-18-39)57-50-27-15-16-28-51(50)58(41-20-7-3-8-21-41)59-48-26-14-13-19-40(48)29-34-52(57)59/h2-38H,1H3. The highest BCUT2D eigenvalue weighted by Crippen LogP contribution is 2.55. The van der Waals surface area contributed by atoms with Gasteiger partial charge in [0.15, 0.2) is 0 Å². The van der Waals surface area contributed by atoms with Gasteiger partial charge in [0.2, 0.25) is 0 Å². The zero-order chi connectivity index (χ0) is 39.8. The number of hydrogen-bond donors (Lipinski definition) is 0. The van der Waals surface area contributed by atoms with E-state index in [0.717, 1.165) is 0 Å². The molecule has 0 aliphatic heterocycles. The number of fused-ring (bicyclic) bond motifs is 8. The van der Waals surface area contributed by atoms with Crippen LogP contribution in [0, 0.1) is 0 Å². The minimum Gasteiger partial charge on any atom is -0.0622 e. The molecule has 1 unspecified atom stereocenters. The van der Waals surface area contributed by atoms with E-state index in [1.54, 1.807) is 0 Å². The van der Waals surface area contributed by atoms with Gasteiger partial charge in [0.1, 0.15) is 0 Å². The van der Waals surface area contributed by atoms with Crippen LogP contribution in [0.25, 0.3) is 98.7 Å². The van der Waals surface area contributed by atoms with Crippen molar-refractivity contribution in [2.24, 2.45) is 0 Å². The maximum Gasteiger partial charge on any atom is 0.0435 e. The highest BCUT2D eigenvalue weighted by molar-refractivity contribution is 6.28. The molecule has 1 aliphatic carbocycles. The largest absolute Gasteiger partial charge is 0.0622 e. The molecule has 0 bridgehead atoms. The van der Waals surface area contributed by atoms with Gasteiger partial charge >= 0.3 is 0 Å². The first kappa shape index (κ1) is 34.5. The van der Waals surface area contributed by atoms with Crippen LogP contribution in [-0.4, -0.2) is 0 Å². The van der Waals surface area contributed by atoms with Gasteiger partial charge in [0, 0.05) is 5.41 Å². The molecule has 280 valence electrons. The lowest BCUT2D eigenvalue weighted by Gasteiger charge is -2.29. The fraction of sp³-hybridized carbons (Fsp3) is 0.0333. The fourth-order valence-corrected chi connectivity index (χ4v) is 10.4. The molecule has 11 aromatic carbocycles. The van der Waals surface area contributed by atoms with Crippen LogP contribution in [0.15, 0.2) is 224 Å². The predicted octanol–water partition coefficient (Wildman–Crippen LogP) is 16.3. The van der Waals surface area contributed by atoms with Gasteiger partial charge < -0.3 is 0 Å². The topological polar surface area (TPSA) is 0 Å². The van der Waals surface area contributed by atoms with E-state index in [-0.39, 0.29) is 5.41 Å². The van der Waals surface area contributed by atoms with Gasteiger partial charge in [-0.1, -0.05) is 200 Å². The van der Waals surface area contributed by atoms with E-state index in [4.69, 9.17) is 0 Å². The molecule has 0 spiro atoms. The summed E-state index contributed by atoms with van der Waals surface area (Å²) < 4.78 is 0. The second kappa shape index (κ2) is 13.5. The molecule has 0 nitrogen and oxygen atoms in total. The molecule has 1 atom stereocenters. The van der Waals surface area contributed by atoms with Crippen LogP contribution in [0.1, 0.15) is 23.6 Å². The Kier molecular flexibility index (Phi) is 7.77. The van der Waals surface area contributed by atoms with Crippen LogP contribution in [0.4, 0.5) is 0 Å². The predicted molar refractivity (Wildman–Crippen MR) is 256 cm³/mol. The first-order valence-corrected chi connectivity index (χ1v) is 21.0. The smallest absolute Gasteiger partial charge is 0.0435 e. The monoisotopic (exact) mass is 760 g/mol. The maximum absolute atomic E-state index is 2.49. The highest BCUT2D eigenvalue weighted by atomic mass is 14.4. The molecular formula is C60H40. The second-order valence-electron chi connectivity index (χ2n) is 16.5. The van der Waals surface area contributed by atoms with E-state index in [2.05, 4.69) is 231 Å². The number of hydrogen-bond acceptors (Lipinski definition) is 0. The normalized spacial score (nSPS) is 14.5. The molecule has 0 heteroatoms. The summed E-state index contributed by atoms with van der Waals surface area (Å²) in [5.74, 6) is 0. The summed E-state index contributed by atoms with van der Waals surface area (Å²) in [5, 5.41) is 10.1. The summed E-state index contributed by atoms with van der Waals surface area (Å²) in [5.41, 5.74) is 16.2. The van der Waals surface area contributed by atoms with Gasteiger partial charge in [-0.2, -0.15) is 0 Å². The minimum atomic E-state index is -0.320. The van der Waals surface area contributed by atoms with Crippen LogP contribution in [0.3, 0.4) is 0 Å². The summed E-state index contributed by atoms with van der Waals surface area (Å²) in [6.45, 7) is 2.42.